The van der Waals surface area contributed by atoms with Crippen molar-refractivity contribution in [3.63, 3.8) is 0 Å². The van der Waals surface area contributed by atoms with Crippen LogP contribution in [0.3, 0.4) is 0 Å². The first kappa shape index (κ1) is 13.5. The molecule has 4 nitrogen and oxygen atoms in total. The van der Waals surface area contributed by atoms with E-state index in [2.05, 4.69) is 5.32 Å². The van der Waals surface area contributed by atoms with Gasteiger partial charge in [-0.05, 0) is 43.5 Å². The SMILES string of the molecule is NS(=O)(=O)c1ccc(CCNC2CCCC2)cc1. The highest BCUT2D eigenvalue weighted by molar-refractivity contribution is 7.89. The molecule has 5 heteroatoms. The van der Waals surface area contributed by atoms with Crippen LogP contribution in [0.4, 0.5) is 0 Å². The Morgan fingerprint density at radius 1 is 1.17 bits per heavy atom. The molecule has 2 rings (SSSR count). The van der Waals surface area contributed by atoms with E-state index in [1.165, 1.54) is 25.7 Å². The van der Waals surface area contributed by atoms with E-state index in [1.54, 1.807) is 12.1 Å². The molecule has 0 aliphatic heterocycles. The first-order valence-electron chi connectivity index (χ1n) is 6.41. The molecule has 0 atom stereocenters. The summed E-state index contributed by atoms with van der Waals surface area (Å²) in [5, 5.41) is 8.58. The minimum atomic E-state index is -3.57. The molecule has 0 unspecified atom stereocenters. The molecule has 1 saturated carbocycles. The van der Waals surface area contributed by atoms with Crippen molar-refractivity contribution in [2.24, 2.45) is 5.14 Å². The van der Waals surface area contributed by atoms with Crippen molar-refractivity contribution in [3.8, 4) is 0 Å². The predicted octanol–water partition coefficient (Wildman–Crippen LogP) is 1.41. The fourth-order valence-electron chi connectivity index (χ4n) is 2.40. The average Bonchev–Trinajstić information content (AvgIpc) is 2.82. The van der Waals surface area contributed by atoms with Gasteiger partial charge in [0.1, 0.15) is 0 Å². The first-order chi connectivity index (χ1) is 8.55. The van der Waals surface area contributed by atoms with Crippen LogP contribution in [0, 0.1) is 0 Å². The fraction of sp³-hybridized carbons (Fsp3) is 0.538. The molecule has 0 spiro atoms. The van der Waals surface area contributed by atoms with Gasteiger partial charge in [0.05, 0.1) is 4.90 Å². The standard InChI is InChI=1S/C13H20N2O2S/c14-18(16,17)13-7-5-11(6-8-13)9-10-15-12-3-1-2-4-12/h5-8,12,15H,1-4,9-10H2,(H2,14,16,17). The summed E-state index contributed by atoms with van der Waals surface area (Å²) in [7, 11) is -3.57. The van der Waals surface area contributed by atoms with E-state index >= 15 is 0 Å². The van der Waals surface area contributed by atoms with Crippen molar-refractivity contribution >= 4 is 10.0 Å². The summed E-state index contributed by atoms with van der Waals surface area (Å²) >= 11 is 0. The van der Waals surface area contributed by atoms with Gasteiger partial charge in [0.2, 0.25) is 10.0 Å². The number of sulfonamides is 1. The predicted molar refractivity (Wildman–Crippen MR) is 71.8 cm³/mol. The number of hydrogen-bond donors (Lipinski definition) is 2. The lowest BCUT2D eigenvalue weighted by atomic mass is 10.1. The highest BCUT2D eigenvalue weighted by atomic mass is 32.2. The van der Waals surface area contributed by atoms with E-state index in [0.717, 1.165) is 18.5 Å². The quantitative estimate of drug-likeness (QED) is 0.848. The first-order valence-corrected chi connectivity index (χ1v) is 7.95. The van der Waals surface area contributed by atoms with Gasteiger partial charge in [-0.25, -0.2) is 13.6 Å². The Morgan fingerprint density at radius 3 is 2.33 bits per heavy atom. The zero-order valence-electron chi connectivity index (χ0n) is 10.4. The minimum Gasteiger partial charge on any atom is -0.314 e. The van der Waals surface area contributed by atoms with E-state index in [4.69, 9.17) is 5.14 Å². The topological polar surface area (TPSA) is 72.2 Å². The molecule has 0 bridgehead atoms. The highest BCUT2D eigenvalue weighted by Gasteiger charge is 2.13. The van der Waals surface area contributed by atoms with Crippen LogP contribution >= 0.6 is 0 Å². The molecular weight excluding hydrogens is 248 g/mol. The molecule has 0 amide bonds. The van der Waals surface area contributed by atoms with Crippen LogP contribution in [-0.4, -0.2) is 21.0 Å². The second kappa shape index (κ2) is 5.82. The fourth-order valence-corrected chi connectivity index (χ4v) is 2.91. The summed E-state index contributed by atoms with van der Waals surface area (Å²) in [6.07, 6.45) is 6.15. The van der Waals surface area contributed by atoms with Crippen LogP contribution in [0.1, 0.15) is 31.2 Å². The van der Waals surface area contributed by atoms with Gasteiger partial charge in [-0.15, -0.1) is 0 Å². The second-order valence-corrected chi connectivity index (χ2v) is 6.44. The third-order valence-electron chi connectivity index (χ3n) is 3.45. The van der Waals surface area contributed by atoms with Crippen LogP contribution in [-0.2, 0) is 16.4 Å². The maximum absolute atomic E-state index is 11.1. The highest BCUT2D eigenvalue weighted by Crippen LogP contribution is 2.17. The lowest BCUT2D eigenvalue weighted by Crippen LogP contribution is -2.27. The van der Waals surface area contributed by atoms with Crippen LogP contribution in [0.2, 0.25) is 0 Å². The van der Waals surface area contributed by atoms with Gasteiger partial charge in [0, 0.05) is 6.04 Å². The minimum absolute atomic E-state index is 0.176. The van der Waals surface area contributed by atoms with E-state index in [0.29, 0.717) is 6.04 Å². The Labute approximate surface area is 109 Å². The maximum atomic E-state index is 11.1. The van der Waals surface area contributed by atoms with Crippen LogP contribution in [0.5, 0.6) is 0 Å². The molecule has 3 N–H and O–H groups in total. The monoisotopic (exact) mass is 268 g/mol. The molecule has 100 valence electrons. The van der Waals surface area contributed by atoms with E-state index in [9.17, 15) is 8.42 Å². The number of primary sulfonamides is 1. The molecule has 0 saturated heterocycles. The van der Waals surface area contributed by atoms with Crippen molar-refractivity contribution in [1.29, 1.82) is 0 Å². The Morgan fingerprint density at radius 2 is 1.78 bits per heavy atom. The van der Waals surface area contributed by atoms with Crippen molar-refractivity contribution in [2.45, 2.75) is 43.0 Å². The molecule has 1 fully saturated rings. The van der Waals surface area contributed by atoms with Crippen LogP contribution < -0.4 is 10.5 Å². The van der Waals surface area contributed by atoms with Crippen molar-refractivity contribution in [2.75, 3.05) is 6.54 Å². The number of nitrogens with two attached hydrogens (primary N) is 1. The van der Waals surface area contributed by atoms with Crippen molar-refractivity contribution in [1.82, 2.24) is 5.32 Å². The molecule has 1 aliphatic carbocycles. The largest absolute Gasteiger partial charge is 0.314 e. The normalized spacial score (nSPS) is 17.2. The smallest absolute Gasteiger partial charge is 0.238 e. The van der Waals surface area contributed by atoms with E-state index in [-0.39, 0.29) is 4.90 Å². The summed E-state index contributed by atoms with van der Waals surface area (Å²) < 4.78 is 22.2. The van der Waals surface area contributed by atoms with Gasteiger partial charge in [-0.3, -0.25) is 0 Å². The van der Waals surface area contributed by atoms with Gasteiger partial charge in [-0.2, -0.15) is 0 Å². The lowest BCUT2D eigenvalue weighted by Gasteiger charge is -2.11. The third-order valence-corrected chi connectivity index (χ3v) is 4.38. The maximum Gasteiger partial charge on any atom is 0.238 e. The van der Waals surface area contributed by atoms with Crippen molar-refractivity contribution in [3.05, 3.63) is 29.8 Å². The Balaban J connectivity index is 1.83. The average molecular weight is 268 g/mol. The van der Waals surface area contributed by atoms with Crippen LogP contribution in [0.25, 0.3) is 0 Å². The molecule has 0 radical (unpaired) electrons. The molecular formula is C13H20N2O2S. The molecule has 0 heterocycles. The Hall–Kier alpha value is -0.910. The summed E-state index contributed by atoms with van der Waals surface area (Å²) in [4.78, 5) is 0.176. The van der Waals surface area contributed by atoms with Gasteiger partial charge < -0.3 is 5.32 Å². The summed E-state index contributed by atoms with van der Waals surface area (Å²) in [6.45, 7) is 0.944. The Bertz CT molecular complexity index is 476. The summed E-state index contributed by atoms with van der Waals surface area (Å²) in [6, 6.07) is 7.47. The lowest BCUT2D eigenvalue weighted by molar-refractivity contribution is 0.528. The third kappa shape index (κ3) is 3.80. The molecule has 1 aromatic carbocycles. The van der Waals surface area contributed by atoms with Gasteiger partial charge >= 0.3 is 0 Å². The van der Waals surface area contributed by atoms with E-state index < -0.39 is 10.0 Å². The van der Waals surface area contributed by atoms with Gasteiger partial charge in [0.25, 0.3) is 0 Å². The molecule has 1 aromatic rings. The van der Waals surface area contributed by atoms with E-state index in [1.807, 2.05) is 12.1 Å². The zero-order valence-corrected chi connectivity index (χ0v) is 11.2. The number of hydrogen-bond acceptors (Lipinski definition) is 3. The Kier molecular flexibility index (Phi) is 4.37. The van der Waals surface area contributed by atoms with Gasteiger partial charge in [-0.1, -0.05) is 25.0 Å². The number of benzene rings is 1. The summed E-state index contributed by atoms with van der Waals surface area (Å²) in [5.74, 6) is 0. The van der Waals surface area contributed by atoms with Crippen molar-refractivity contribution < 1.29 is 8.42 Å². The van der Waals surface area contributed by atoms with Gasteiger partial charge in [0.15, 0.2) is 0 Å². The number of nitrogens with one attached hydrogen (secondary N) is 1. The molecule has 1 aliphatic rings. The molecule has 0 aromatic heterocycles. The summed E-state index contributed by atoms with van der Waals surface area (Å²) in [5.41, 5.74) is 1.13. The second-order valence-electron chi connectivity index (χ2n) is 4.87. The number of rotatable bonds is 5. The van der Waals surface area contributed by atoms with Crippen LogP contribution in [0.15, 0.2) is 29.2 Å². The zero-order chi connectivity index (χ0) is 13.0. The molecule has 18 heavy (non-hydrogen) atoms.